The third-order valence-corrected chi connectivity index (χ3v) is 4.95. The van der Waals surface area contributed by atoms with Gasteiger partial charge in [-0.05, 0) is 44.7 Å². The zero-order valence-electron chi connectivity index (χ0n) is 15.2. The second-order valence-corrected chi connectivity index (χ2v) is 7.27. The molecule has 0 aromatic carbocycles. The molecule has 3 heterocycles. The van der Waals surface area contributed by atoms with Crippen molar-refractivity contribution in [2.75, 3.05) is 6.54 Å². The van der Waals surface area contributed by atoms with E-state index in [4.69, 9.17) is 0 Å². The molecule has 0 radical (unpaired) electrons. The maximum Gasteiger partial charge on any atom is 0.227 e. The third-order valence-electron chi connectivity index (χ3n) is 4.95. The molecule has 2 aromatic heterocycles. The molecule has 1 atom stereocenters. The quantitative estimate of drug-likeness (QED) is 0.914. The number of hydrogen-bond donors (Lipinski definition) is 1. The minimum atomic E-state index is 0.193. The Bertz CT molecular complexity index is 699. The Morgan fingerprint density at radius 1 is 1.42 bits per heavy atom. The Morgan fingerprint density at radius 2 is 2.21 bits per heavy atom. The number of nitrogens with one attached hydrogen (secondary N) is 1. The molecule has 0 aliphatic carbocycles. The van der Waals surface area contributed by atoms with Crippen molar-refractivity contribution in [3.05, 3.63) is 41.0 Å². The van der Waals surface area contributed by atoms with Crippen LogP contribution in [0.5, 0.6) is 0 Å². The van der Waals surface area contributed by atoms with Gasteiger partial charge in [0, 0.05) is 36.2 Å². The Morgan fingerprint density at radius 3 is 2.88 bits per heavy atom. The lowest BCUT2D eigenvalue weighted by Crippen LogP contribution is -2.32. The summed E-state index contributed by atoms with van der Waals surface area (Å²) in [5.41, 5.74) is 4.35. The first kappa shape index (κ1) is 16.8. The summed E-state index contributed by atoms with van der Waals surface area (Å²) in [6.45, 7) is 10.2. The molecule has 1 saturated heterocycles. The van der Waals surface area contributed by atoms with Gasteiger partial charge in [-0.2, -0.15) is 5.10 Å². The highest BCUT2D eigenvalue weighted by molar-refractivity contribution is 5.80. The maximum atomic E-state index is 12.9. The summed E-state index contributed by atoms with van der Waals surface area (Å²) >= 11 is 0. The van der Waals surface area contributed by atoms with Crippen molar-refractivity contribution in [3.8, 4) is 0 Å². The zero-order valence-corrected chi connectivity index (χ0v) is 15.2. The first-order valence-electron chi connectivity index (χ1n) is 8.93. The predicted molar refractivity (Wildman–Crippen MR) is 94.7 cm³/mol. The number of amides is 1. The number of rotatable bonds is 5. The first-order chi connectivity index (χ1) is 11.5. The fourth-order valence-corrected chi connectivity index (χ4v) is 3.71. The van der Waals surface area contributed by atoms with E-state index in [1.165, 1.54) is 0 Å². The van der Waals surface area contributed by atoms with Crippen molar-refractivity contribution < 1.29 is 4.79 Å². The van der Waals surface area contributed by atoms with E-state index in [-0.39, 0.29) is 11.9 Å². The van der Waals surface area contributed by atoms with E-state index in [9.17, 15) is 4.79 Å². The summed E-state index contributed by atoms with van der Waals surface area (Å²) in [5, 5.41) is 4.64. The van der Waals surface area contributed by atoms with Gasteiger partial charge in [-0.15, -0.1) is 0 Å². The topological polar surface area (TPSA) is 53.9 Å². The summed E-state index contributed by atoms with van der Waals surface area (Å²) < 4.78 is 2.05. The van der Waals surface area contributed by atoms with Gasteiger partial charge in [0.1, 0.15) is 0 Å². The Hall–Kier alpha value is -2.04. The minimum Gasteiger partial charge on any atom is -0.363 e. The standard InChI is InChI=1S/C19H28N4O/c1-13(2)12-23-15(4)16(14(3)21-23)11-19(24)22-10-6-8-18(22)17-7-5-9-20-17/h5,7,9,13,18,20H,6,8,10-12H2,1-4H3/t18-/m1/s1. The highest BCUT2D eigenvalue weighted by Crippen LogP contribution is 2.31. The maximum absolute atomic E-state index is 12.9. The largest absolute Gasteiger partial charge is 0.363 e. The van der Waals surface area contributed by atoms with Gasteiger partial charge in [-0.25, -0.2) is 0 Å². The highest BCUT2D eigenvalue weighted by atomic mass is 16.2. The number of H-pyrrole nitrogens is 1. The molecule has 5 nitrogen and oxygen atoms in total. The van der Waals surface area contributed by atoms with Crippen LogP contribution < -0.4 is 0 Å². The van der Waals surface area contributed by atoms with Gasteiger partial charge < -0.3 is 9.88 Å². The van der Waals surface area contributed by atoms with Crippen LogP contribution in [0.2, 0.25) is 0 Å². The lowest BCUT2D eigenvalue weighted by Gasteiger charge is -2.24. The van der Waals surface area contributed by atoms with Crippen LogP contribution in [-0.2, 0) is 17.8 Å². The van der Waals surface area contributed by atoms with Gasteiger partial charge in [0.05, 0.1) is 18.2 Å². The van der Waals surface area contributed by atoms with Crippen LogP contribution in [0.1, 0.15) is 55.4 Å². The van der Waals surface area contributed by atoms with E-state index in [2.05, 4.69) is 41.6 Å². The Labute approximate surface area is 144 Å². The molecule has 1 amide bonds. The van der Waals surface area contributed by atoms with Crippen LogP contribution in [0.3, 0.4) is 0 Å². The molecule has 0 bridgehead atoms. The SMILES string of the molecule is Cc1nn(CC(C)C)c(C)c1CC(=O)N1CCC[C@@H]1c1ccc[nH]1. The van der Waals surface area contributed by atoms with Crippen LogP contribution in [-0.4, -0.2) is 32.1 Å². The van der Waals surface area contributed by atoms with Crippen LogP contribution >= 0.6 is 0 Å². The summed E-state index contributed by atoms with van der Waals surface area (Å²) in [6.07, 6.45) is 4.49. The number of nitrogens with zero attached hydrogens (tertiary/aromatic N) is 3. The number of likely N-dealkylation sites (tertiary alicyclic amines) is 1. The zero-order chi connectivity index (χ0) is 17.3. The number of carbonyl (C=O) groups excluding carboxylic acids is 1. The van der Waals surface area contributed by atoms with E-state index in [1.807, 2.05) is 24.1 Å². The molecular weight excluding hydrogens is 300 g/mol. The number of carbonyl (C=O) groups is 1. The number of aryl methyl sites for hydroxylation is 1. The summed E-state index contributed by atoms with van der Waals surface area (Å²) in [4.78, 5) is 18.2. The van der Waals surface area contributed by atoms with E-state index in [0.29, 0.717) is 12.3 Å². The molecule has 1 fully saturated rings. The summed E-state index contributed by atoms with van der Waals surface area (Å²) in [7, 11) is 0. The van der Waals surface area contributed by atoms with E-state index in [0.717, 1.165) is 48.6 Å². The molecule has 24 heavy (non-hydrogen) atoms. The van der Waals surface area contributed by atoms with Crippen molar-refractivity contribution >= 4 is 5.91 Å². The summed E-state index contributed by atoms with van der Waals surface area (Å²) in [5.74, 6) is 0.754. The minimum absolute atomic E-state index is 0.193. The predicted octanol–water partition coefficient (Wildman–Crippen LogP) is 3.39. The van der Waals surface area contributed by atoms with Gasteiger partial charge >= 0.3 is 0 Å². The van der Waals surface area contributed by atoms with Gasteiger partial charge in [0.15, 0.2) is 0 Å². The smallest absolute Gasteiger partial charge is 0.227 e. The van der Waals surface area contributed by atoms with Gasteiger partial charge in [0.2, 0.25) is 5.91 Å². The molecule has 1 aliphatic rings. The molecule has 130 valence electrons. The molecule has 3 rings (SSSR count). The van der Waals surface area contributed by atoms with E-state index < -0.39 is 0 Å². The second-order valence-electron chi connectivity index (χ2n) is 7.27. The van der Waals surface area contributed by atoms with E-state index >= 15 is 0 Å². The molecule has 1 aliphatic heterocycles. The average molecular weight is 328 g/mol. The first-order valence-corrected chi connectivity index (χ1v) is 8.93. The molecule has 5 heteroatoms. The number of hydrogen-bond acceptors (Lipinski definition) is 2. The fourth-order valence-electron chi connectivity index (χ4n) is 3.71. The summed E-state index contributed by atoms with van der Waals surface area (Å²) in [6, 6.07) is 4.27. The molecule has 0 spiro atoms. The van der Waals surface area contributed by atoms with Crippen molar-refractivity contribution in [1.29, 1.82) is 0 Å². The van der Waals surface area contributed by atoms with Gasteiger partial charge in [-0.3, -0.25) is 9.48 Å². The van der Waals surface area contributed by atoms with Crippen LogP contribution in [0.15, 0.2) is 18.3 Å². The van der Waals surface area contributed by atoms with Crippen LogP contribution in [0.25, 0.3) is 0 Å². The Kier molecular flexibility index (Phi) is 4.78. The second kappa shape index (κ2) is 6.83. The third kappa shape index (κ3) is 3.25. The molecule has 1 N–H and O–H groups in total. The fraction of sp³-hybridized carbons (Fsp3) is 0.579. The molecule has 2 aromatic rings. The lowest BCUT2D eigenvalue weighted by atomic mass is 10.1. The normalized spacial score (nSPS) is 17.9. The van der Waals surface area contributed by atoms with E-state index in [1.54, 1.807) is 0 Å². The average Bonchev–Trinajstić information content (AvgIpc) is 3.23. The van der Waals surface area contributed by atoms with Crippen molar-refractivity contribution in [2.45, 2.75) is 59.5 Å². The number of aromatic amines is 1. The van der Waals surface area contributed by atoms with Crippen LogP contribution in [0.4, 0.5) is 0 Å². The van der Waals surface area contributed by atoms with Crippen LogP contribution in [0, 0.1) is 19.8 Å². The molecule has 0 saturated carbocycles. The van der Waals surface area contributed by atoms with Crippen molar-refractivity contribution in [3.63, 3.8) is 0 Å². The Balaban J connectivity index is 1.76. The van der Waals surface area contributed by atoms with Crippen molar-refractivity contribution in [2.24, 2.45) is 5.92 Å². The van der Waals surface area contributed by atoms with Crippen molar-refractivity contribution in [1.82, 2.24) is 19.7 Å². The number of aromatic nitrogens is 3. The lowest BCUT2D eigenvalue weighted by molar-refractivity contribution is -0.131. The molecule has 0 unspecified atom stereocenters. The molecular formula is C19H28N4O. The van der Waals surface area contributed by atoms with Gasteiger partial charge in [-0.1, -0.05) is 13.8 Å². The monoisotopic (exact) mass is 328 g/mol. The highest BCUT2D eigenvalue weighted by Gasteiger charge is 2.31. The van der Waals surface area contributed by atoms with Gasteiger partial charge in [0.25, 0.3) is 0 Å².